The quantitative estimate of drug-likeness (QED) is 0.396. The lowest BCUT2D eigenvalue weighted by Crippen LogP contribution is -2.38. The van der Waals surface area contributed by atoms with Gasteiger partial charge in [0.15, 0.2) is 11.2 Å². The Labute approximate surface area is 207 Å². The predicted molar refractivity (Wildman–Crippen MR) is 136 cm³/mol. The highest BCUT2D eigenvalue weighted by atomic mass is 32.2. The normalized spacial score (nSPS) is 15.6. The van der Waals surface area contributed by atoms with Gasteiger partial charge in [-0.3, -0.25) is 4.79 Å². The Balaban J connectivity index is 1.25. The van der Waals surface area contributed by atoms with E-state index in [9.17, 15) is 13.2 Å². The molecule has 1 saturated heterocycles. The number of sulfonamides is 1. The topological polar surface area (TPSA) is 114 Å². The molecule has 6 rings (SSSR count). The molecule has 1 aliphatic heterocycles. The molecule has 182 valence electrons. The van der Waals surface area contributed by atoms with Gasteiger partial charge in [0.25, 0.3) is 5.56 Å². The average Bonchev–Trinajstić information content (AvgIpc) is 3.32. The molecule has 0 amide bonds. The zero-order valence-corrected chi connectivity index (χ0v) is 20.2. The molecule has 9 nitrogen and oxygen atoms in total. The van der Waals surface area contributed by atoms with Crippen LogP contribution >= 0.6 is 0 Å². The standard InChI is InChI=1S/C26H24N6O3S/c33-26-23-25(32(30-29-23)17-18-7-2-1-3-8-18)27-24(28-26)20-13-15-31(16-14-20)36(34,35)22-12-6-10-19-9-4-5-11-21(19)22/h1-12,20H,13-17H2,(H,27,28,33). The lowest BCUT2D eigenvalue weighted by molar-refractivity contribution is 0.313. The maximum Gasteiger partial charge on any atom is 0.281 e. The van der Waals surface area contributed by atoms with Gasteiger partial charge in [0.2, 0.25) is 10.0 Å². The number of hydrogen-bond acceptors (Lipinski definition) is 6. The minimum Gasteiger partial charge on any atom is -0.308 e. The molecule has 10 heteroatoms. The van der Waals surface area contributed by atoms with Crippen LogP contribution in [0.1, 0.15) is 30.1 Å². The van der Waals surface area contributed by atoms with Crippen LogP contribution in [0.5, 0.6) is 0 Å². The van der Waals surface area contributed by atoms with E-state index in [1.165, 1.54) is 4.31 Å². The largest absolute Gasteiger partial charge is 0.308 e. The monoisotopic (exact) mass is 500 g/mol. The van der Waals surface area contributed by atoms with Crippen LogP contribution in [0.15, 0.2) is 82.5 Å². The summed E-state index contributed by atoms with van der Waals surface area (Å²) in [4.78, 5) is 20.6. The predicted octanol–water partition coefficient (Wildman–Crippen LogP) is 3.28. The van der Waals surface area contributed by atoms with Gasteiger partial charge in [0.05, 0.1) is 11.4 Å². The first-order valence-corrected chi connectivity index (χ1v) is 13.3. The molecular weight excluding hydrogens is 476 g/mol. The van der Waals surface area contributed by atoms with Crippen molar-refractivity contribution < 1.29 is 8.42 Å². The minimum absolute atomic E-state index is 0.0684. The van der Waals surface area contributed by atoms with Crippen LogP contribution in [0, 0.1) is 0 Å². The van der Waals surface area contributed by atoms with Crippen molar-refractivity contribution in [3.63, 3.8) is 0 Å². The average molecular weight is 501 g/mol. The molecule has 5 aromatic rings. The second kappa shape index (κ2) is 8.96. The van der Waals surface area contributed by atoms with E-state index in [1.54, 1.807) is 16.8 Å². The Morgan fingerprint density at radius 3 is 2.44 bits per heavy atom. The number of piperidine rings is 1. The van der Waals surface area contributed by atoms with Crippen molar-refractivity contribution in [3.05, 3.63) is 94.5 Å². The third kappa shape index (κ3) is 3.98. The van der Waals surface area contributed by atoms with Crippen LogP contribution < -0.4 is 5.56 Å². The summed E-state index contributed by atoms with van der Waals surface area (Å²) >= 11 is 0. The van der Waals surface area contributed by atoms with Gasteiger partial charge < -0.3 is 4.98 Å². The van der Waals surface area contributed by atoms with E-state index in [0.717, 1.165) is 16.3 Å². The number of aromatic amines is 1. The van der Waals surface area contributed by atoms with Crippen molar-refractivity contribution in [1.29, 1.82) is 0 Å². The fourth-order valence-electron chi connectivity index (χ4n) is 4.87. The smallest absolute Gasteiger partial charge is 0.281 e. The van der Waals surface area contributed by atoms with Gasteiger partial charge in [-0.05, 0) is 29.9 Å². The van der Waals surface area contributed by atoms with Crippen molar-refractivity contribution in [2.24, 2.45) is 0 Å². The molecule has 0 radical (unpaired) electrons. The van der Waals surface area contributed by atoms with Gasteiger partial charge in [-0.15, -0.1) is 5.10 Å². The van der Waals surface area contributed by atoms with Crippen molar-refractivity contribution >= 4 is 32.0 Å². The number of benzene rings is 3. The molecule has 0 atom stereocenters. The molecule has 1 N–H and O–H groups in total. The first kappa shape index (κ1) is 22.6. The highest BCUT2D eigenvalue weighted by molar-refractivity contribution is 7.89. The van der Waals surface area contributed by atoms with Crippen LogP contribution in [0.4, 0.5) is 0 Å². The highest BCUT2D eigenvalue weighted by Crippen LogP contribution is 2.31. The van der Waals surface area contributed by atoms with Gasteiger partial charge in [-0.25, -0.2) is 18.1 Å². The third-order valence-corrected chi connectivity index (χ3v) is 8.73. The third-order valence-electron chi connectivity index (χ3n) is 6.78. The molecule has 0 saturated carbocycles. The maximum atomic E-state index is 13.5. The zero-order chi connectivity index (χ0) is 24.7. The zero-order valence-electron chi connectivity index (χ0n) is 19.4. The Bertz CT molecular complexity index is 1720. The van der Waals surface area contributed by atoms with E-state index in [0.29, 0.717) is 48.8 Å². The van der Waals surface area contributed by atoms with E-state index < -0.39 is 10.0 Å². The van der Waals surface area contributed by atoms with Gasteiger partial charge in [-0.2, -0.15) is 4.31 Å². The molecule has 2 aromatic heterocycles. The number of nitrogens with zero attached hydrogens (tertiary/aromatic N) is 5. The Hall–Kier alpha value is -3.89. The summed E-state index contributed by atoms with van der Waals surface area (Å²) in [5.74, 6) is 0.479. The van der Waals surface area contributed by atoms with E-state index in [-0.39, 0.29) is 17.0 Å². The van der Waals surface area contributed by atoms with Gasteiger partial charge >= 0.3 is 0 Å². The van der Waals surface area contributed by atoms with E-state index in [1.807, 2.05) is 60.7 Å². The lowest BCUT2D eigenvalue weighted by Gasteiger charge is -2.31. The SMILES string of the molecule is O=c1[nH]c(C2CCN(S(=O)(=O)c3cccc4ccccc34)CC2)nc2c1nnn2Cc1ccccc1. The summed E-state index contributed by atoms with van der Waals surface area (Å²) in [6.07, 6.45) is 1.11. The van der Waals surface area contributed by atoms with E-state index >= 15 is 0 Å². The Morgan fingerprint density at radius 2 is 1.64 bits per heavy atom. The van der Waals surface area contributed by atoms with Gasteiger partial charge in [0, 0.05) is 24.4 Å². The Morgan fingerprint density at radius 1 is 0.917 bits per heavy atom. The fourth-order valence-corrected chi connectivity index (χ4v) is 6.55. The number of hydrogen-bond donors (Lipinski definition) is 1. The second-order valence-corrected chi connectivity index (χ2v) is 10.9. The van der Waals surface area contributed by atoms with E-state index in [4.69, 9.17) is 4.98 Å². The maximum absolute atomic E-state index is 13.5. The molecule has 1 aliphatic rings. The molecule has 0 aliphatic carbocycles. The molecule has 0 bridgehead atoms. The molecule has 3 heterocycles. The molecular formula is C26H24N6O3S. The van der Waals surface area contributed by atoms with Crippen molar-refractivity contribution in [2.45, 2.75) is 30.2 Å². The van der Waals surface area contributed by atoms with Crippen LogP contribution in [0.2, 0.25) is 0 Å². The van der Waals surface area contributed by atoms with Crippen LogP contribution in [0.3, 0.4) is 0 Å². The van der Waals surface area contributed by atoms with E-state index in [2.05, 4.69) is 15.3 Å². The van der Waals surface area contributed by atoms with Gasteiger partial charge in [0.1, 0.15) is 5.82 Å². The van der Waals surface area contributed by atoms with Crippen molar-refractivity contribution in [1.82, 2.24) is 29.3 Å². The summed E-state index contributed by atoms with van der Waals surface area (Å²) in [5.41, 5.74) is 1.33. The lowest BCUT2D eigenvalue weighted by atomic mass is 9.97. The second-order valence-electron chi connectivity index (χ2n) is 9.01. The number of H-pyrrole nitrogens is 1. The molecule has 36 heavy (non-hydrogen) atoms. The van der Waals surface area contributed by atoms with Crippen LogP contribution in [0.25, 0.3) is 21.9 Å². The number of fused-ring (bicyclic) bond motifs is 2. The first-order chi connectivity index (χ1) is 17.5. The molecule has 0 spiro atoms. The number of aromatic nitrogens is 5. The summed E-state index contributed by atoms with van der Waals surface area (Å²) in [7, 11) is -3.65. The number of nitrogens with one attached hydrogen (secondary N) is 1. The molecule has 1 fully saturated rings. The molecule has 0 unspecified atom stereocenters. The Kier molecular flexibility index (Phi) is 5.62. The summed E-state index contributed by atoms with van der Waals surface area (Å²) < 4.78 is 30.1. The van der Waals surface area contributed by atoms with Crippen molar-refractivity contribution in [3.8, 4) is 0 Å². The summed E-state index contributed by atoms with van der Waals surface area (Å²) in [6, 6.07) is 22.6. The van der Waals surface area contributed by atoms with Crippen molar-refractivity contribution in [2.75, 3.05) is 13.1 Å². The van der Waals surface area contributed by atoms with Crippen LogP contribution in [-0.2, 0) is 16.6 Å². The summed E-state index contributed by atoms with van der Waals surface area (Å²) in [5, 5.41) is 9.77. The van der Waals surface area contributed by atoms with Crippen LogP contribution in [-0.4, -0.2) is 50.8 Å². The first-order valence-electron chi connectivity index (χ1n) is 11.9. The minimum atomic E-state index is -3.65. The number of rotatable bonds is 5. The summed E-state index contributed by atoms with van der Waals surface area (Å²) in [6.45, 7) is 1.15. The highest BCUT2D eigenvalue weighted by Gasteiger charge is 2.32. The van der Waals surface area contributed by atoms with Gasteiger partial charge in [-0.1, -0.05) is 71.9 Å². The molecule has 3 aromatic carbocycles. The fraction of sp³-hybridized carbons (Fsp3) is 0.231.